The number of anilines is 1. The molecule has 1 unspecified atom stereocenters. The summed E-state index contributed by atoms with van der Waals surface area (Å²) in [6.07, 6.45) is 1.11. The van der Waals surface area contributed by atoms with Gasteiger partial charge in [0.05, 0.1) is 0 Å². The third kappa shape index (κ3) is 2.60. The normalized spacial score (nSPS) is 15.8. The lowest BCUT2D eigenvalue weighted by Gasteiger charge is -2.31. The molecular weight excluding hydrogens is 312 g/mol. The highest BCUT2D eigenvalue weighted by Crippen LogP contribution is 2.30. The molecule has 0 spiro atoms. The van der Waals surface area contributed by atoms with Crippen LogP contribution >= 0.6 is 15.9 Å². The van der Waals surface area contributed by atoms with Crippen LogP contribution in [0, 0.1) is 0 Å². The maximum atomic E-state index is 5.96. The summed E-state index contributed by atoms with van der Waals surface area (Å²) in [5, 5.41) is 0. The van der Waals surface area contributed by atoms with E-state index >= 15 is 0 Å². The van der Waals surface area contributed by atoms with Gasteiger partial charge in [0, 0.05) is 29.3 Å². The van der Waals surface area contributed by atoms with Gasteiger partial charge in [-0.15, -0.1) is 0 Å². The zero-order valence-corrected chi connectivity index (χ0v) is 13.2. The molecule has 1 aliphatic rings. The first-order valence-electron chi connectivity index (χ1n) is 7.02. The van der Waals surface area contributed by atoms with E-state index in [1.165, 1.54) is 16.8 Å². The van der Waals surface area contributed by atoms with Gasteiger partial charge in [-0.25, -0.2) is 0 Å². The van der Waals surface area contributed by atoms with Crippen molar-refractivity contribution in [1.82, 2.24) is 0 Å². The van der Waals surface area contributed by atoms with Crippen molar-refractivity contribution in [3.8, 4) is 0 Å². The monoisotopic (exact) mass is 330 g/mol. The summed E-state index contributed by atoms with van der Waals surface area (Å²) in [6.45, 7) is 4.07. The Morgan fingerprint density at radius 2 is 1.90 bits per heavy atom. The Kier molecular flexibility index (Phi) is 3.81. The lowest BCUT2D eigenvalue weighted by atomic mass is 9.99. The van der Waals surface area contributed by atoms with Crippen LogP contribution in [0.25, 0.3) is 0 Å². The molecule has 1 heterocycles. The Morgan fingerprint density at radius 3 is 2.60 bits per heavy atom. The van der Waals surface area contributed by atoms with Crippen LogP contribution in [0.15, 0.2) is 46.9 Å². The van der Waals surface area contributed by atoms with E-state index in [1.807, 2.05) is 6.92 Å². The third-order valence-corrected chi connectivity index (χ3v) is 4.66. The van der Waals surface area contributed by atoms with Gasteiger partial charge < -0.3 is 10.6 Å². The van der Waals surface area contributed by atoms with E-state index in [-0.39, 0.29) is 6.04 Å². The number of benzene rings is 2. The maximum Gasteiger partial charge on any atom is 0.0432 e. The number of hydrogen-bond acceptors (Lipinski definition) is 2. The van der Waals surface area contributed by atoms with Gasteiger partial charge in [0.15, 0.2) is 0 Å². The predicted molar refractivity (Wildman–Crippen MR) is 87.9 cm³/mol. The number of nitrogens with two attached hydrogens (primary N) is 1. The van der Waals surface area contributed by atoms with Gasteiger partial charge in [-0.2, -0.15) is 0 Å². The Hall–Kier alpha value is -1.32. The van der Waals surface area contributed by atoms with Crippen molar-refractivity contribution in [2.75, 3.05) is 11.4 Å². The van der Waals surface area contributed by atoms with E-state index in [2.05, 4.69) is 63.3 Å². The lowest BCUT2D eigenvalue weighted by molar-refractivity contribution is 0.730. The summed E-state index contributed by atoms with van der Waals surface area (Å²) in [4.78, 5) is 2.43. The molecule has 0 saturated heterocycles. The van der Waals surface area contributed by atoms with Crippen LogP contribution in [0.5, 0.6) is 0 Å². The molecule has 104 valence electrons. The van der Waals surface area contributed by atoms with Crippen molar-refractivity contribution in [3.63, 3.8) is 0 Å². The Labute approximate surface area is 128 Å². The summed E-state index contributed by atoms with van der Waals surface area (Å²) in [5.74, 6) is 0. The zero-order valence-electron chi connectivity index (χ0n) is 11.6. The lowest BCUT2D eigenvalue weighted by Crippen LogP contribution is -2.30. The fraction of sp³-hybridized carbons (Fsp3) is 0.294. The van der Waals surface area contributed by atoms with Crippen molar-refractivity contribution in [2.24, 2.45) is 5.73 Å². The van der Waals surface area contributed by atoms with Crippen LogP contribution in [0.1, 0.15) is 29.7 Å². The predicted octanol–water partition coefficient (Wildman–Crippen LogP) is 4.03. The molecule has 20 heavy (non-hydrogen) atoms. The average molecular weight is 331 g/mol. The molecule has 0 fully saturated rings. The highest BCUT2D eigenvalue weighted by atomic mass is 79.9. The van der Waals surface area contributed by atoms with E-state index < -0.39 is 0 Å². The Morgan fingerprint density at radius 1 is 1.15 bits per heavy atom. The van der Waals surface area contributed by atoms with Gasteiger partial charge >= 0.3 is 0 Å². The molecule has 1 atom stereocenters. The van der Waals surface area contributed by atoms with Gasteiger partial charge in [0.25, 0.3) is 0 Å². The van der Waals surface area contributed by atoms with E-state index in [0.717, 1.165) is 29.5 Å². The molecule has 2 N–H and O–H groups in total. The van der Waals surface area contributed by atoms with Crippen molar-refractivity contribution in [3.05, 3.63) is 63.6 Å². The second-order valence-corrected chi connectivity index (χ2v) is 6.29. The van der Waals surface area contributed by atoms with Crippen molar-refractivity contribution < 1.29 is 0 Å². The van der Waals surface area contributed by atoms with E-state index in [1.54, 1.807) is 0 Å². The van der Waals surface area contributed by atoms with E-state index in [4.69, 9.17) is 5.73 Å². The number of rotatable bonds is 2. The van der Waals surface area contributed by atoms with Crippen LogP contribution in [-0.2, 0) is 13.0 Å². The first-order valence-corrected chi connectivity index (χ1v) is 7.81. The summed E-state index contributed by atoms with van der Waals surface area (Å²) in [6, 6.07) is 15.3. The van der Waals surface area contributed by atoms with Crippen LogP contribution in [-0.4, -0.2) is 6.54 Å². The maximum absolute atomic E-state index is 5.96. The molecule has 0 aliphatic carbocycles. The van der Waals surface area contributed by atoms with Crippen LogP contribution in [0.2, 0.25) is 0 Å². The zero-order chi connectivity index (χ0) is 14.1. The minimum atomic E-state index is 0.0560. The molecule has 0 bridgehead atoms. The quantitative estimate of drug-likeness (QED) is 0.900. The number of fused-ring (bicyclic) bond motifs is 1. The van der Waals surface area contributed by atoms with E-state index in [9.17, 15) is 0 Å². The minimum absolute atomic E-state index is 0.0560. The number of nitrogens with zero attached hydrogens (tertiary/aromatic N) is 1. The summed E-state index contributed by atoms with van der Waals surface area (Å²) >= 11 is 3.64. The van der Waals surface area contributed by atoms with E-state index in [0.29, 0.717) is 0 Å². The minimum Gasteiger partial charge on any atom is -0.367 e. The molecule has 2 nitrogen and oxygen atoms in total. The molecule has 3 heteroatoms. The van der Waals surface area contributed by atoms with Gasteiger partial charge in [0.2, 0.25) is 0 Å². The molecule has 2 aromatic rings. The van der Waals surface area contributed by atoms with Gasteiger partial charge in [-0.3, -0.25) is 0 Å². The fourth-order valence-corrected chi connectivity index (χ4v) is 3.53. The molecule has 0 radical (unpaired) electrons. The van der Waals surface area contributed by atoms with Crippen molar-refractivity contribution in [1.29, 1.82) is 0 Å². The molecule has 0 saturated carbocycles. The molecule has 1 aliphatic heterocycles. The standard InChI is InChI=1S/C17H19BrN2/c1-12(19)16-7-6-15(10-17(16)18)20-9-8-13-4-2-3-5-14(13)11-20/h2-7,10,12H,8-9,11,19H2,1H3. The summed E-state index contributed by atoms with van der Waals surface area (Å²) < 4.78 is 1.10. The van der Waals surface area contributed by atoms with Gasteiger partial charge in [0.1, 0.15) is 0 Å². The molecular formula is C17H19BrN2. The Balaban J connectivity index is 1.86. The largest absolute Gasteiger partial charge is 0.367 e. The van der Waals surface area contributed by atoms with Crippen molar-refractivity contribution >= 4 is 21.6 Å². The first-order chi connectivity index (χ1) is 9.65. The van der Waals surface area contributed by atoms with Gasteiger partial charge in [-0.05, 0) is 42.2 Å². The number of halogens is 1. The van der Waals surface area contributed by atoms with Crippen molar-refractivity contribution in [2.45, 2.75) is 25.9 Å². The topological polar surface area (TPSA) is 29.3 Å². The summed E-state index contributed by atoms with van der Waals surface area (Å²) in [7, 11) is 0. The molecule has 0 amide bonds. The number of hydrogen-bond donors (Lipinski definition) is 1. The second kappa shape index (κ2) is 5.58. The second-order valence-electron chi connectivity index (χ2n) is 5.43. The molecule has 2 aromatic carbocycles. The Bertz CT molecular complexity index is 622. The summed E-state index contributed by atoms with van der Waals surface area (Å²) in [5.41, 5.74) is 11.3. The van der Waals surface area contributed by atoms with Crippen LogP contribution < -0.4 is 10.6 Å². The fourth-order valence-electron chi connectivity index (χ4n) is 2.80. The first kappa shape index (κ1) is 13.7. The van der Waals surface area contributed by atoms with Crippen LogP contribution in [0.4, 0.5) is 5.69 Å². The highest BCUT2D eigenvalue weighted by Gasteiger charge is 2.17. The smallest absolute Gasteiger partial charge is 0.0432 e. The van der Waals surface area contributed by atoms with Crippen LogP contribution in [0.3, 0.4) is 0 Å². The average Bonchev–Trinajstić information content (AvgIpc) is 2.46. The highest BCUT2D eigenvalue weighted by molar-refractivity contribution is 9.10. The van der Waals surface area contributed by atoms with Gasteiger partial charge in [-0.1, -0.05) is 46.3 Å². The molecule has 0 aromatic heterocycles. The SMILES string of the molecule is CC(N)c1ccc(N2CCc3ccccc3C2)cc1Br. The third-order valence-electron chi connectivity index (χ3n) is 3.97. The molecule has 3 rings (SSSR count).